The molecule has 126 valence electrons. The molecule has 0 unspecified atom stereocenters. The number of amides is 1. The van der Waals surface area contributed by atoms with Gasteiger partial charge in [0.2, 0.25) is 0 Å². The minimum absolute atomic E-state index is 0.0352. The van der Waals surface area contributed by atoms with Crippen molar-refractivity contribution in [1.29, 1.82) is 0 Å². The monoisotopic (exact) mass is 323 g/mol. The molecule has 4 nitrogen and oxygen atoms in total. The van der Waals surface area contributed by atoms with Gasteiger partial charge in [0.1, 0.15) is 0 Å². The molecular weight excluding hydrogens is 298 g/mol. The SMILES string of the molecule is N[C@@H](Cc1ccccc1)C(=O)N(c1ccccc1)N1CCCCC1. The van der Waals surface area contributed by atoms with Crippen molar-refractivity contribution < 1.29 is 4.79 Å². The fourth-order valence-corrected chi connectivity index (χ4v) is 3.19. The Hall–Kier alpha value is -2.17. The molecule has 0 saturated carbocycles. The first-order valence-electron chi connectivity index (χ1n) is 8.69. The van der Waals surface area contributed by atoms with E-state index in [1.807, 2.05) is 60.7 Å². The number of nitrogens with zero attached hydrogens (tertiary/aromatic N) is 2. The van der Waals surface area contributed by atoms with Crippen molar-refractivity contribution >= 4 is 11.6 Å². The van der Waals surface area contributed by atoms with Crippen LogP contribution in [0.2, 0.25) is 0 Å². The number of anilines is 1. The van der Waals surface area contributed by atoms with Gasteiger partial charge in [-0.25, -0.2) is 10.0 Å². The summed E-state index contributed by atoms with van der Waals surface area (Å²) in [4.78, 5) is 13.1. The standard InChI is InChI=1S/C20H25N3O/c21-19(16-17-10-4-1-5-11-17)20(24)23(18-12-6-2-7-13-18)22-14-8-3-9-15-22/h1-2,4-7,10-13,19H,3,8-9,14-16,21H2/t19-/m0/s1. The van der Waals surface area contributed by atoms with E-state index in [0.29, 0.717) is 6.42 Å². The summed E-state index contributed by atoms with van der Waals surface area (Å²) in [6.45, 7) is 1.80. The van der Waals surface area contributed by atoms with E-state index in [9.17, 15) is 4.79 Å². The Balaban J connectivity index is 1.80. The van der Waals surface area contributed by atoms with E-state index in [0.717, 1.165) is 37.2 Å². The maximum Gasteiger partial charge on any atom is 0.258 e. The van der Waals surface area contributed by atoms with Crippen molar-refractivity contribution in [2.45, 2.75) is 31.7 Å². The zero-order valence-electron chi connectivity index (χ0n) is 14.0. The van der Waals surface area contributed by atoms with Crippen molar-refractivity contribution in [2.75, 3.05) is 18.1 Å². The molecule has 0 aliphatic carbocycles. The number of benzene rings is 2. The summed E-state index contributed by atoms with van der Waals surface area (Å²) in [6.07, 6.45) is 4.01. The lowest BCUT2D eigenvalue weighted by Gasteiger charge is -2.38. The molecule has 1 saturated heterocycles. The average molecular weight is 323 g/mol. The summed E-state index contributed by atoms with van der Waals surface area (Å²) < 4.78 is 0. The molecule has 0 bridgehead atoms. The molecule has 2 N–H and O–H groups in total. The first kappa shape index (κ1) is 16.7. The number of carbonyl (C=O) groups excluding carboxylic acids is 1. The summed E-state index contributed by atoms with van der Waals surface area (Å²) in [6, 6.07) is 19.2. The molecule has 4 heteroatoms. The number of rotatable bonds is 5. The summed E-state index contributed by atoms with van der Waals surface area (Å²) >= 11 is 0. The molecule has 1 aliphatic rings. The van der Waals surface area contributed by atoms with Crippen LogP contribution in [0.5, 0.6) is 0 Å². The topological polar surface area (TPSA) is 49.6 Å². The number of nitrogens with two attached hydrogens (primary N) is 1. The quantitative estimate of drug-likeness (QED) is 0.920. The zero-order valence-corrected chi connectivity index (χ0v) is 14.0. The average Bonchev–Trinajstić information content (AvgIpc) is 2.64. The smallest absolute Gasteiger partial charge is 0.258 e. The van der Waals surface area contributed by atoms with Gasteiger partial charge in [0, 0.05) is 13.1 Å². The third-order valence-electron chi connectivity index (χ3n) is 4.44. The van der Waals surface area contributed by atoms with E-state index in [1.165, 1.54) is 6.42 Å². The first-order chi connectivity index (χ1) is 11.8. The Labute approximate surface area is 143 Å². The molecule has 1 fully saturated rings. The van der Waals surface area contributed by atoms with Gasteiger partial charge in [-0.2, -0.15) is 0 Å². The fraction of sp³-hybridized carbons (Fsp3) is 0.350. The maximum absolute atomic E-state index is 13.1. The van der Waals surface area contributed by atoms with Gasteiger partial charge in [0.15, 0.2) is 0 Å². The third-order valence-corrected chi connectivity index (χ3v) is 4.44. The third kappa shape index (κ3) is 4.02. The van der Waals surface area contributed by atoms with Crippen LogP contribution in [0.15, 0.2) is 60.7 Å². The molecule has 1 aliphatic heterocycles. The van der Waals surface area contributed by atoms with Crippen molar-refractivity contribution in [2.24, 2.45) is 5.73 Å². The highest BCUT2D eigenvalue weighted by Gasteiger charge is 2.28. The Bertz CT molecular complexity index is 638. The van der Waals surface area contributed by atoms with E-state index in [1.54, 1.807) is 5.01 Å². The molecule has 0 radical (unpaired) electrons. The highest BCUT2D eigenvalue weighted by molar-refractivity contribution is 5.96. The number of hydrazine groups is 1. The minimum atomic E-state index is -0.547. The maximum atomic E-state index is 13.1. The number of hydrogen-bond acceptors (Lipinski definition) is 3. The van der Waals surface area contributed by atoms with E-state index >= 15 is 0 Å². The van der Waals surface area contributed by atoms with Crippen LogP contribution < -0.4 is 10.7 Å². The largest absolute Gasteiger partial charge is 0.320 e. The van der Waals surface area contributed by atoms with Crippen molar-refractivity contribution in [3.63, 3.8) is 0 Å². The summed E-state index contributed by atoms with van der Waals surface area (Å²) in [5.41, 5.74) is 8.26. The lowest BCUT2D eigenvalue weighted by molar-refractivity contribution is -0.123. The van der Waals surface area contributed by atoms with Gasteiger partial charge in [0.25, 0.3) is 5.91 Å². The molecular formula is C20H25N3O. The minimum Gasteiger partial charge on any atom is -0.320 e. The highest BCUT2D eigenvalue weighted by atomic mass is 16.2. The molecule has 2 aromatic carbocycles. The Morgan fingerprint density at radius 1 is 0.958 bits per heavy atom. The molecule has 0 aromatic heterocycles. The fourth-order valence-electron chi connectivity index (χ4n) is 3.19. The summed E-state index contributed by atoms with van der Waals surface area (Å²) in [5, 5.41) is 3.94. The number of hydrogen-bond donors (Lipinski definition) is 1. The molecule has 1 atom stereocenters. The number of carbonyl (C=O) groups is 1. The van der Waals surface area contributed by atoms with Crippen LogP contribution >= 0.6 is 0 Å². The second kappa shape index (κ2) is 8.08. The van der Waals surface area contributed by atoms with Crippen LogP contribution in [0, 0.1) is 0 Å². The van der Waals surface area contributed by atoms with Gasteiger partial charge in [-0.1, -0.05) is 55.0 Å². The molecule has 0 spiro atoms. The number of piperidine rings is 1. The predicted octanol–water partition coefficient (Wildman–Crippen LogP) is 2.99. The second-order valence-corrected chi connectivity index (χ2v) is 6.30. The van der Waals surface area contributed by atoms with Gasteiger partial charge in [-0.15, -0.1) is 0 Å². The van der Waals surface area contributed by atoms with Gasteiger partial charge < -0.3 is 5.73 Å². The van der Waals surface area contributed by atoms with Crippen LogP contribution in [0.4, 0.5) is 5.69 Å². The van der Waals surface area contributed by atoms with Crippen molar-refractivity contribution in [1.82, 2.24) is 5.01 Å². The van der Waals surface area contributed by atoms with Crippen LogP contribution in [0.3, 0.4) is 0 Å². The van der Waals surface area contributed by atoms with E-state index in [2.05, 4.69) is 5.01 Å². The first-order valence-corrected chi connectivity index (χ1v) is 8.69. The Morgan fingerprint density at radius 3 is 2.17 bits per heavy atom. The van der Waals surface area contributed by atoms with Crippen LogP contribution in [-0.4, -0.2) is 30.0 Å². The lowest BCUT2D eigenvalue weighted by Crippen LogP contribution is -2.55. The molecule has 2 aromatic rings. The molecule has 3 rings (SSSR count). The predicted molar refractivity (Wildman–Crippen MR) is 97.5 cm³/mol. The van der Waals surface area contributed by atoms with Crippen LogP contribution in [0.25, 0.3) is 0 Å². The molecule has 24 heavy (non-hydrogen) atoms. The van der Waals surface area contributed by atoms with Gasteiger partial charge in [0.05, 0.1) is 11.7 Å². The Morgan fingerprint density at radius 2 is 1.54 bits per heavy atom. The lowest BCUT2D eigenvalue weighted by atomic mass is 10.1. The molecule has 1 amide bonds. The normalized spacial score (nSPS) is 16.5. The summed E-state index contributed by atoms with van der Waals surface area (Å²) in [5.74, 6) is -0.0352. The van der Waals surface area contributed by atoms with Crippen LogP contribution in [0.1, 0.15) is 24.8 Å². The second-order valence-electron chi connectivity index (χ2n) is 6.30. The van der Waals surface area contributed by atoms with E-state index in [-0.39, 0.29) is 5.91 Å². The zero-order chi connectivity index (χ0) is 16.8. The van der Waals surface area contributed by atoms with Crippen LogP contribution in [-0.2, 0) is 11.2 Å². The van der Waals surface area contributed by atoms with Gasteiger partial charge in [-0.05, 0) is 37.0 Å². The van der Waals surface area contributed by atoms with E-state index in [4.69, 9.17) is 5.73 Å². The van der Waals surface area contributed by atoms with Crippen molar-refractivity contribution in [3.05, 3.63) is 66.2 Å². The molecule has 1 heterocycles. The van der Waals surface area contributed by atoms with E-state index < -0.39 is 6.04 Å². The Kier molecular flexibility index (Phi) is 5.62. The number of para-hydroxylation sites is 1. The van der Waals surface area contributed by atoms with Gasteiger partial charge >= 0.3 is 0 Å². The van der Waals surface area contributed by atoms with Gasteiger partial charge in [-0.3, -0.25) is 4.79 Å². The summed E-state index contributed by atoms with van der Waals surface area (Å²) in [7, 11) is 0. The van der Waals surface area contributed by atoms with Crippen molar-refractivity contribution in [3.8, 4) is 0 Å². The highest BCUT2D eigenvalue weighted by Crippen LogP contribution is 2.21.